The number of anilines is 1. The van der Waals surface area contributed by atoms with Crippen molar-refractivity contribution in [1.82, 2.24) is 10.2 Å². The molecule has 5 nitrogen and oxygen atoms in total. The molecule has 1 aromatic heterocycles. The maximum absolute atomic E-state index is 13.9. The highest BCUT2D eigenvalue weighted by atomic mass is 32.1. The lowest BCUT2D eigenvalue weighted by Crippen LogP contribution is -2.50. The van der Waals surface area contributed by atoms with Gasteiger partial charge < -0.3 is 15.1 Å². The molecule has 1 aliphatic heterocycles. The van der Waals surface area contributed by atoms with Crippen LogP contribution >= 0.6 is 11.3 Å². The highest BCUT2D eigenvalue weighted by Crippen LogP contribution is 2.47. The van der Waals surface area contributed by atoms with E-state index in [0.717, 1.165) is 55.6 Å². The minimum Gasteiger partial charge on any atom is -0.372 e. The van der Waals surface area contributed by atoms with Gasteiger partial charge in [-0.25, -0.2) is 0 Å². The number of nitrogens with one attached hydrogen (secondary N) is 1. The summed E-state index contributed by atoms with van der Waals surface area (Å²) in [5.41, 5.74) is 2.74. The van der Waals surface area contributed by atoms with Crippen LogP contribution in [-0.4, -0.2) is 42.4 Å². The van der Waals surface area contributed by atoms with E-state index in [0.29, 0.717) is 12.1 Å². The summed E-state index contributed by atoms with van der Waals surface area (Å²) in [7, 11) is 0. The SMILES string of the molecule is CCN(CCCNC(=O)C1c2ccccc2C(=O)N(C2CCCC2)C1c1cccs1)c1ccccc1. The summed E-state index contributed by atoms with van der Waals surface area (Å²) in [5.74, 6) is -0.324. The van der Waals surface area contributed by atoms with E-state index in [2.05, 4.69) is 52.4 Å². The smallest absolute Gasteiger partial charge is 0.254 e. The second-order valence-corrected chi connectivity index (χ2v) is 10.7. The number of amides is 2. The molecule has 5 rings (SSSR count). The standard InChI is InChI=1S/C30H35N3O2S/c1-2-32(22-12-4-3-5-13-22)20-11-19-31-29(34)27-24-16-8-9-17-25(24)30(35)33(23-14-6-7-15-23)28(27)26-18-10-21-36-26/h3-5,8-10,12-13,16-18,21,23,27-28H,2,6-7,11,14-15,19-20H2,1H3,(H,31,34). The Morgan fingerprint density at radius 1 is 1.03 bits per heavy atom. The van der Waals surface area contributed by atoms with Gasteiger partial charge in [0.1, 0.15) is 0 Å². The van der Waals surface area contributed by atoms with E-state index in [1.165, 1.54) is 5.69 Å². The van der Waals surface area contributed by atoms with Crippen molar-refractivity contribution < 1.29 is 9.59 Å². The Hall–Kier alpha value is -3.12. The van der Waals surface area contributed by atoms with Gasteiger partial charge in [0.25, 0.3) is 5.91 Å². The summed E-state index contributed by atoms with van der Waals surface area (Å²) in [6, 6.07) is 22.2. The summed E-state index contributed by atoms with van der Waals surface area (Å²) < 4.78 is 0. The second kappa shape index (κ2) is 11.3. The second-order valence-electron chi connectivity index (χ2n) is 9.74. The maximum atomic E-state index is 13.9. The Bertz CT molecular complexity index is 1160. The molecule has 1 N–H and O–H groups in total. The fraction of sp³-hybridized carbons (Fsp3) is 0.400. The Kier molecular flexibility index (Phi) is 7.71. The van der Waals surface area contributed by atoms with Gasteiger partial charge in [-0.3, -0.25) is 9.59 Å². The van der Waals surface area contributed by atoms with E-state index in [-0.39, 0.29) is 23.9 Å². The molecule has 2 heterocycles. The molecule has 3 aromatic rings. The molecule has 2 amide bonds. The number of hydrogen-bond acceptors (Lipinski definition) is 4. The van der Waals surface area contributed by atoms with Gasteiger partial charge in [0.15, 0.2) is 0 Å². The summed E-state index contributed by atoms with van der Waals surface area (Å²) >= 11 is 1.64. The van der Waals surface area contributed by atoms with Crippen LogP contribution in [0.4, 0.5) is 5.69 Å². The number of nitrogens with zero attached hydrogens (tertiary/aromatic N) is 2. The van der Waals surface area contributed by atoms with Crippen LogP contribution in [-0.2, 0) is 4.79 Å². The molecule has 2 atom stereocenters. The monoisotopic (exact) mass is 501 g/mol. The highest BCUT2D eigenvalue weighted by molar-refractivity contribution is 7.10. The summed E-state index contributed by atoms with van der Waals surface area (Å²) in [4.78, 5) is 33.1. The third-order valence-electron chi connectivity index (χ3n) is 7.62. The lowest BCUT2D eigenvalue weighted by Gasteiger charge is -2.44. The van der Waals surface area contributed by atoms with Crippen molar-refractivity contribution in [2.45, 2.75) is 57.0 Å². The number of carbonyl (C=O) groups is 2. The average Bonchev–Trinajstić information content (AvgIpc) is 3.64. The van der Waals surface area contributed by atoms with E-state index in [1.807, 2.05) is 41.8 Å². The van der Waals surface area contributed by atoms with Crippen LogP contribution in [0.2, 0.25) is 0 Å². The molecule has 1 saturated carbocycles. The van der Waals surface area contributed by atoms with Crippen LogP contribution in [0.15, 0.2) is 72.1 Å². The van der Waals surface area contributed by atoms with Crippen molar-refractivity contribution in [2.75, 3.05) is 24.5 Å². The third kappa shape index (κ3) is 4.92. The van der Waals surface area contributed by atoms with Crippen LogP contribution in [0.1, 0.15) is 71.8 Å². The van der Waals surface area contributed by atoms with Gasteiger partial charge in [0.05, 0.1) is 12.0 Å². The predicted molar refractivity (Wildman–Crippen MR) is 147 cm³/mol. The normalized spacial score (nSPS) is 19.8. The largest absolute Gasteiger partial charge is 0.372 e. The number of rotatable bonds is 9. The highest BCUT2D eigenvalue weighted by Gasteiger charge is 2.47. The van der Waals surface area contributed by atoms with Crippen molar-refractivity contribution >= 4 is 28.8 Å². The molecule has 1 aliphatic carbocycles. The lowest BCUT2D eigenvalue weighted by atomic mass is 9.80. The molecule has 0 radical (unpaired) electrons. The fourth-order valence-electron chi connectivity index (χ4n) is 5.88. The van der Waals surface area contributed by atoms with E-state index >= 15 is 0 Å². The zero-order valence-corrected chi connectivity index (χ0v) is 21.8. The third-order valence-corrected chi connectivity index (χ3v) is 8.56. The number of fused-ring (bicyclic) bond motifs is 1. The van der Waals surface area contributed by atoms with E-state index in [4.69, 9.17) is 0 Å². The summed E-state index contributed by atoms with van der Waals surface area (Å²) in [6.07, 6.45) is 5.16. The predicted octanol–water partition coefficient (Wildman–Crippen LogP) is 6.00. The molecular formula is C30H35N3O2S. The zero-order chi connectivity index (χ0) is 24.9. The molecule has 0 spiro atoms. The minimum absolute atomic E-state index is 0.0131. The van der Waals surface area contributed by atoms with Gasteiger partial charge in [-0.05, 0) is 61.4 Å². The van der Waals surface area contributed by atoms with Crippen LogP contribution in [0.5, 0.6) is 0 Å². The Morgan fingerprint density at radius 3 is 2.50 bits per heavy atom. The number of carbonyl (C=O) groups excluding carboxylic acids is 2. The molecule has 0 saturated heterocycles. The van der Waals surface area contributed by atoms with E-state index in [9.17, 15) is 9.59 Å². The van der Waals surface area contributed by atoms with Gasteiger partial charge in [-0.1, -0.05) is 55.3 Å². The van der Waals surface area contributed by atoms with Crippen LogP contribution in [0.25, 0.3) is 0 Å². The van der Waals surface area contributed by atoms with Crippen molar-refractivity contribution in [3.63, 3.8) is 0 Å². The Balaban J connectivity index is 1.37. The summed E-state index contributed by atoms with van der Waals surface area (Å²) in [5, 5.41) is 5.29. The maximum Gasteiger partial charge on any atom is 0.254 e. The number of benzene rings is 2. The zero-order valence-electron chi connectivity index (χ0n) is 20.9. The number of hydrogen-bond donors (Lipinski definition) is 1. The Morgan fingerprint density at radius 2 is 1.78 bits per heavy atom. The van der Waals surface area contributed by atoms with E-state index in [1.54, 1.807) is 11.3 Å². The first-order valence-corrected chi connectivity index (χ1v) is 14.1. The number of thiophene rings is 1. The quantitative estimate of drug-likeness (QED) is 0.366. The van der Waals surface area contributed by atoms with Gasteiger partial charge in [-0.2, -0.15) is 0 Å². The van der Waals surface area contributed by atoms with Crippen molar-refractivity contribution in [1.29, 1.82) is 0 Å². The fourth-order valence-corrected chi connectivity index (χ4v) is 6.74. The molecule has 2 aliphatic rings. The van der Waals surface area contributed by atoms with Crippen molar-refractivity contribution in [2.24, 2.45) is 0 Å². The van der Waals surface area contributed by atoms with Crippen molar-refractivity contribution in [3.8, 4) is 0 Å². The molecule has 0 bridgehead atoms. The van der Waals surface area contributed by atoms with Crippen LogP contribution < -0.4 is 10.2 Å². The molecular weight excluding hydrogens is 466 g/mol. The molecule has 2 unspecified atom stereocenters. The molecule has 6 heteroatoms. The molecule has 188 valence electrons. The molecule has 2 aromatic carbocycles. The minimum atomic E-state index is -0.408. The Labute approximate surface area is 218 Å². The van der Waals surface area contributed by atoms with Gasteiger partial charge in [0, 0.05) is 41.8 Å². The average molecular weight is 502 g/mol. The summed E-state index contributed by atoms with van der Waals surface area (Å²) in [6.45, 7) is 4.57. The lowest BCUT2D eigenvalue weighted by molar-refractivity contribution is -0.124. The van der Waals surface area contributed by atoms with Crippen LogP contribution in [0, 0.1) is 0 Å². The first kappa shape index (κ1) is 24.6. The van der Waals surface area contributed by atoms with E-state index < -0.39 is 5.92 Å². The van der Waals surface area contributed by atoms with Gasteiger partial charge >= 0.3 is 0 Å². The number of para-hydroxylation sites is 1. The topological polar surface area (TPSA) is 52.7 Å². The molecule has 1 fully saturated rings. The van der Waals surface area contributed by atoms with Gasteiger partial charge in [0.2, 0.25) is 5.91 Å². The first-order valence-electron chi connectivity index (χ1n) is 13.2. The van der Waals surface area contributed by atoms with Gasteiger partial charge in [-0.15, -0.1) is 11.3 Å². The first-order chi connectivity index (χ1) is 17.7. The van der Waals surface area contributed by atoms with Crippen LogP contribution in [0.3, 0.4) is 0 Å². The van der Waals surface area contributed by atoms with Crippen molar-refractivity contribution in [3.05, 3.63) is 88.1 Å². The molecule has 36 heavy (non-hydrogen) atoms.